The first-order valence-corrected chi connectivity index (χ1v) is 5.10. The molecule has 2 fully saturated rings. The van der Waals surface area contributed by atoms with Crippen LogP contribution >= 0.6 is 0 Å². The molecule has 2 saturated heterocycles. The topological polar surface area (TPSA) is 47.9 Å². The van der Waals surface area contributed by atoms with Gasteiger partial charge in [-0.2, -0.15) is 0 Å². The highest BCUT2D eigenvalue weighted by atomic mass is 16.8. The normalized spacial score (nSPS) is 47.8. The Bertz CT molecular complexity index is 224. The Labute approximate surface area is 84.1 Å². The van der Waals surface area contributed by atoms with Gasteiger partial charge in [0, 0.05) is 0 Å². The van der Waals surface area contributed by atoms with Crippen LogP contribution in [0.4, 0.5) is 0 Å². The molecule has 14 heavy (non-hydrogen) atoms. The molecule has 4 heteroatoms. The average Bonchev–Trinajstić information content (AvgIpc) is 2.47. The van der Waals surface area contributed by atoms with Gasteiger partial charge in [-0.3, -0.25) is 0 Å². The van der Waals surface area contributed by atoms with E-state index in [0.29, 0.717) is 0 Å². The van der Waals surface area contributed by atoms with Gasteiger partial charge < -0.3 is 19.3 Å². The average molecular weight is 202 g/mol. The maximum Gasteiger partial charge on any atom is 0.164 e. The van der Waals surface area contributed by atoms with E-state index in [-0.39, 0.29) is 24.4 Å². The summed E-state index contributed by atoms with van der Waals surface area (Å²) < 4.78 is 17.0. The van der Waals surface area contributed by atoms with E-state index in [1.165, 1.54) is 0 Å². The lowest BCUT2D eigenvalue weighted by Crippen LogP contribution is -2.36. The third-order valence-electron chi connectivity index (χ3n) is 2.80. The first-order valence-electron chi connectivity index (χ1n) is 5.10. The molecule has 2 aliphatic rings. The molecule has 0 saturated carbocycles. The molecule has 5 atom stereocenters. The number of rotatable bonds is 1. The van der Waals surface area contributed by atoms with E-state index in [0.717, 1.165) is 0 Å². The first-order chi connectivity index (χ1) is 6.41. The van der Waals surface area contributed by atoms with Crippen molar-refractivity contribution in [2.45, 2.75) is 64.0 Å². The van der Waals surface area contributed by atoms with Crippen molar-refractivity contribution in [1.29, 1.82) is 0 Å². The van der Waals surface area contributed by atoms with Crippen LogP contribution in [-0.4, -0.2) is 41.4 Å². The Morgan fingerprint density at radius 1 is 1.21 bits per heavy atom. The minimum atomic E-state index is -0.555. The van der Waals surface area contributed by atoms with Gasteiger partial charge in [-0.05, 0) is 27.7 Å². The second kappa shape index (κ2) is 3.17. The third kappa shape index (κ3) is 1.56. The summed E-state index contributed by atoms with van der Waals surface area (Å²) in [5, 5.41) is 9.53. The summed E-state index contributed by atoms with van der Waals surface area (Å²) in [7, 11) is 0. The van der Waals surface area contributed by atoms with Crippen LogP contribution < -0.4 is 0 Å². The molecule has 0 aromatic carbocycles. The summed E-state index contributed by atoms with van der Waals surface area (Å²) in [6.07, 6.45) is -0.993. The molecule has 4 nitrogen and oxygen atoms in total. The molecular weight excluding hydrogens is 184 g/mol. The zero-order valence-electron chi connectivity index (χ0n) is 9.06. The van der Waals surface area contributed by atoms with E-state index in [4.69, 9.17) is 14.2 Å². The summed E-state index contributed by atoms with van der Waals surface area (Å²) in [5.74, 6) is -0.555. The third-order valence-corrected chi connectivity index (χ3v) is 2.80. The molecule has 0 aromatic heterocycles. The Morgan fingerprint density at radius 3 is 2.36 bits per heavy atom. The van der Waals surface area contributed by atoms with Crippen LogP contribution in [0.2, 0.25) is 0 Å². The lowest BCUT2D eigenvalue weighted by atomic mass is 10.1. The summed E-state index contributed by atoms with van der Waals surface area (Å²) in [6, 6.07) is 0. The SMILES string of the molecule is C[C@@H]1O[C@H]([C@H](C)O)C2OC(C)(C)OC21. The van der Waals surface area contributed by atoms with E-state index in [1.54, 1.807) is 6.92 Å². The Kier molecular flexibility index (Phi) is 2.34. The maximum atomic E-state index is 9.53. The lowest BCUT2D eigenvalue weighted by Gasteiger charge is -2.24. The van der Waals surface area contributed by atoms with Crippen molar-refractivity contribution in [2.75, 3.05) is 0 Å². The number of hydrogen-bond donors (Lipinski definition) is 1. The maximum absolute atomic E-state index is 9.53. The molecule has 0 bridgehead atoms. The number of hydrogen-bond acceptors (Lipinski definition) is 4. The van der Waals surface area contributed by atoms with E-state index >= 15 is 0 Å². The van der Waals surface area contributed by atoms with E-state index < -0.39 is 11.9 Å². The highest BCUT2D eigenvalue weighted by Gasteiger charge is 2.54. The van der Waals surface area contributed by atoms with E-state index in [9.17, 15) is 5.11 Å². The fraction of sp³-hybridized carbons (Fsp3) is 1.00. The number of aliphatic hydroxyl groups is 1. The van der Waals surface area contributed by atoms with Crippen molar-refractivity contribution in [3.63, 3.8) is 0 Å². The smallest absolute Gasteiger partial charge is 0.164 e. The monoisotopic (exact) mass is 202 g/mol. The quantitative estimate of drug-likeness (QED) is 0.679. The van der Waals surface area contributed by atoms with E-state index in [2.05, 4.69) is 0 Å². The van der Waals surface area contributed by atoms with Gasteiger partial charge in [-0.25, -0.2) is 0 Å². The number of ether oxygens (including phenoxy) is 3. The highest BCUT2D eigenvalue weighted by Crippen LogP contribution is 2.39. The Hall–Kier alpha value is -0.160. The van der Waals surface area contributed by atoms with Crippen LogP contribution in [0.5, 0.6) is 0 Å². The zero-order valence-corrected chi connectivity index (χ0v) is 9.06. The summed E-state index contributed by atoms with van der Waals surface area (Å²) in [5.41, 5.74) is 0. The molecule has 2 heterocycles. The molecule has 0 amide bonds. The predicted octanol–water partition coefficient (Wildman–Crippen LogP) is 0.675. The Balaban J connectivity index is 2.15. The molecule has 2 aliphatic heterocycles. The van der Waals surface area contributed by atoms with Crippen molar-refractivity contribution in [2.24, 2.45) is 0 Å². The van der Waals surface area contributed by atoms with Gasteiger partial charge in [0.15, 0.2) is 5.79 Å². The van der Waals surface area contributed by atoms with Crippen LogP contribution in [0.1, 0.15) is 27.7 Å². The van der Waals surface area contributed by atoms with Crippen molar-refractivity contribution in [3.05, 3.63) is 0 Å². The summed E-state index contributed by atoms with van der Waals surface area (Å²) in [4.78, 5) is 0. The van der Waals surface area contributed by atoms with Gasteiger partial charge in [-0.15, -0.1) is 0 Å². The van der Waals surface area contributed by atoms with Crippen LogP contribution in [0.15, 0.2) is 0 Å². The van der Waals surface area contributed by atoms with E-state index in [1.807, 2.05) is 20.8 Å². The van der Waals surface area contributed by atoms with Gasteiger partial charge in [0.25, 0.3) is 0 Å². The van der Waals surface area contributed by atoms with Gasteiger partial charge >= 0.3 is 0 Å². The molecule has 0 radical (unpaired) electrons. The standard InChI is InChI=1S/C10H18O4/c1-5(11)7-9-8(6(2)12-7)13-10(3,4)14-9/h5-9,11H,1-4H3/t5-,6-,7+,8?,9?/m0/s1. The predicted molar refractivity (Wildman–Crippen MR) is 49.8 cm³/mol. The second-order valence-electron chi connectivity index (χ2n) is 4.61. The van der Waals surface area contributed by atoms with Crippen molar-refractivity contribution < 1.29 is 19.3 Å². The zero-order chi connectivity index (χ0) is 10.5. The van der Waals surface area contributed by atoms with Crippen LogP contribution in [0.3, 0.4) is 0 Å². The van der Waals surface area contributed by atoms with Crippen LogP contribution in [0, 0.1) is 0 Å². The van der Waals surface area contributed by atoms with Gasteiger partial charge in [0.1, 0.15) is 18.3 Å². The Morgan fingerprint density at radius 2 is 1.79 bits per heavy atom. The fourth-order valence-electron chi connectivity index (χ4n) is 2.23. The van der Waals surface area contributed by atoms with Gasteiger partial charge in [0.2, 0.25) is 0 Å². The molecule has 82 valence electrons. The molecule has 0 spiro atoms. The number of fused-ring (bicyclic) bond motifs is 1. The van der Waals surface area contributed by atoms with Crippen molar-refractivity contribution in [1.82, 2.24) is 0 Å². The minimum Gasteiger partial charge on any atom is -0.391 e. The molecule has 1 N–H and O–H groups in total. The lowest BCUT2D eigenvalue weighted by molar-refractivity contribution is -0.193. The highest BCUT2D eigenvalue weighted by molar-refractivity contribution is 4.98. The van der Waals surface area contributed by atoms with Gasteiger partial charge in [0.05, 0.1) is 12.2 Å². The molecule has 0 aromatic rings. The molecular formula is C10H18O4. The molecule has 2 rings (SSSR count). The van der Waals surface area contributed by atoms with Crippen molar-refractivity contribution >= 4 is 0 Å². The molecule has 2 unspecified atom stereocenters. The fourth-order valence-corrected chi connectivity index (χ4v) is 2.23. The van der Waals surface area contributed by atoms with Crippen LogP contribution in [-0.2, 0) is 14.2 Å². The van der Waals surface area contributed by atoms with Gasteiger partial charge in [-0.1, -0.05) is 0 Å². The second-order valence-corrected chi connectivity index (χ2v) is 4.61. The van der Waals surface area contributed by atoms with Crippen molar-refractivity contribution in [3.8, 4) is 0 Å². The minimum absolute atomic E-state index is 0.0126. The molecule has 0 aliphatic carbocycles. The number of aliphatic hydroxyl groups excluding tert-OH is 1. The first kappa shape index (κ1) is 10.4. The largest absolute Gasteiger partial charge is 0.391 e. The summed E-state index contributed by atoms with van der Waals surface area (Å²) in [6.45, 7) is 7.44. The van der Waals surface area contributed by atoms with Crippen LogP contribution in [0.25, 0.3) is 0 Å². The summed E-state index contributed by atoms with van der Waals surface area (Å²) >= 11 is 0.